The van der Waals surface area contributed by atoms with Crippen LogP contribution in [0.15, 0.2) is 24.5 Å². The van der Waals surface area contributed by atoms with Gasteiger partial charge in [-0.15, -0.1) is 0 Å². The normalized spacial score (nSPS) is 12.3. The molecule has 1 heterocycles. The van der Waals surface area contributed by atoms with Gasteiger partial charge in [0, 0.05) is 18.8 Å². The summed E-state index contributed by atoms with van der Waals surface area (Å²) < 4.78 is 5.92. The maximum Gasteiger partial charge on any atom is 0.263 e. The highest BCUT2D eigenvalue weighted by Gasteiger charge is 2.23. The summed E-state index contributed by atoms with van der Waals surface area (Å²) in [6.07, 6.45) is 1.10. The van der Waals surface area contributed by atoms with E-state index in [1.54, 1.807) is 13.3 Å². The average Bonchev–Trinajstić information content (AvgIpc) is 2.98. The van der Waals surface area contributed by atoms with Gasteiger partial charge in [0.25, 0.3) is 5.91 Å². The zero-order valence-electron chi connectivity index (χ0n) is 16.7. The molecule has 0 aliphatic heterocycles. The lowest BCUT2D eigenvalue weighted by molar-refractivity contribution is -0.138. The number of aromatic nitrogens is 2. The second-order valence-corrected chi connectivity index (χ2v) is 7.04. The number of imidazole rings is 1. The lowest BCUT2D eigenvalue weighted by Gasteiger charge is -2.27. The van der Waals surface area contributed by atoms with E-state index in [1.807, 2.05) is 51.0 Å². The van der Waals surface area contributed by atoms with Gasteiger partial charge in [-0.1, -0.05) is 6.07 Å². The summed E-state index contributed by atoms with van der Waals surface area (Å²) in [6.45, 7) is 9.75. The number of aromatic amines is 1. The maximum absolute atomic E-state index is 13.0. The Kier molecular flexibility index (Phi) is 6.80. The van der Waals surface area contributed by atoms with Crippen LogP contribution >= 0.6 is 0 Å². The molecule has 1 N–H and O–H groups in total. The highest BCUT2D eigenvalue weighted by atomic mass is 16.5. The van der Waals surface area contributed by atoms with Crippen LogP contribution in [-0.4, -0.2) is 59.0 Å². The minimum atomic E-state index is -0.557. The second kappa shape index (κ2) is 8.85. The number of nitrogens with zero attached hydrogens (tertiary/aromatic N) is 3. The molecule has 26 heavy (non-hydrogen) atoms. The summed E-state index contributed by atoms with van der Waals surface area (Å²) in [5, 5.41) is 0. The van der Waals surface area contributed by atoms with Crippen molar-refractivity contribution in [3.63, 3.8) is 0 Å². The van der Waals surface area contributed by atoms with E-state index >= 15 is 0 Å². The first kappa shape index (κ1) is 20.0. The number of carbonyl (C=O) groups excluding carboxylic acids is 1. The third-order valence-electron chi connectivity index (χ3n) is 4.54. The van der Waals surface area contributed by atoms with E-state index in [9.17, 15) is 4.79 Å². The molecule has 1 amide bonds. The first-order valence-electron chi connectivity index (χ1n) is 8.94. The minimum absolute atomic E-state index is 0.0347. The third-order valence-corrected chi connectivity index (χ3v) is 4.54. The third kappa shape index (κ3) is 5.33. The van der Waals surface area contributed by atoms with Gasteiger partial charge >= 0.3 is 0 Å². The van der Waals surface area contributed by atoms with Crippen molar-refractivity contribution < 1.29 is 9.53 Å². The summed E-state index contributed by atoms with van der Waals surface area (Å²) in [5.41, 5.74) is 4.22. The Hall–Kier alpha value is -2.34. The van der Waals surface area contributed by atoms with Crippen LogP contribution in [0.5, 0.6) is 5.75 Å². The molecule has 6 nitrogen and oxygen atoms in total. The van der Waals surface area contributed by atoms with Crippen molar-refractivity contribution in [3.8, 4) is 5.75 Å². The minimum Gasteiger partial charge on any atom is -0.481 e. The Morgan fingerprint density at radius 2 is 1.92 bits per heavy atom. The molecule has 0 bridgehead atoms. The molecule has 1 unspecified atom stereocenters. The van der Waals surface area contributed by atoms with Crippen molar-refractivity contribution in [1.82, 2.24) is 19.8 Å². The van der Waals surface area contributed by atoms with Gasteiger partial charge in [0.1, 0.15) is 5.75 Å². The molecule has 142 valence electrons. The number of amides is 1. The molecular weight excluding hydrogens is 328 g/mol. The molecule has 1 aromatic heterocycles. The van der Waals surface area contributed by atoms with Crippen LogP contribution in [0, 0.1) is 20.8 Å². The highest BCUT2D eigenvalue weighted by molar-refractivity contribution is 5.81. The van der Waals surface area contributed by atoms with Crippen molar-refractivity contribution in [2.75, 3.05) is 27.2 Å². The van der Waals surface area contributed by atoms with Crippen LogP contribution in [-0.2, 0) is 11.3 Å². The lowest BCUT2D eigenvalue weighted by atomic mass is 10.1. The molecule has 0 saturated heterocycles. The number of hydrogen-bond acceptors (Lipinski definition) is 4. The number of ether oxygens (including phenoxy) is 1. The molecule has 0 spiro atoms. The summed E-state index contributed by atoms with van der Waals surface area (Å²) in [7, 11) is 3.99. The summed E-state index contributed by atoms with van der Waals surface area (Å²) in [4.78, 5) is 24.3. The van der Waals surface area contributed by atoms with Crippen LogP contribution in [0.25, 0.3) is 0 Å². The molecule has 2 aromatic rings. The SMILES string of the molecule is Cc1ccc(OC(C)C(=O)N(CCN(C)C)Cc2nc[nH]c2C)cc1C. The number of likely N-dealkylation sites (N-methyl/N-ethyl adjacent to an activating group) is 1. The molecule has 0 aliphatic rings. The van der Waals surface area contributed by atoms with Gasteiger partial charge in [-0.2, -0.15) is 0 Å². The van der Waals surface area contributed by atoms with Gasteiger partial charge in [0.05, 0.1) is 18.6 Å². The molecule has 1 atom stereocenters. The topological polar surface area (TPSA) is 61.5 Å². The Bertz CT molecular complexity index is 739. The van der Waals surface area contributed by atoms with Crippen molar-refractivity contribution in [2.24, 2.45) is 0 Å². The van der Waals surface area contributed by atoms with Crippen LogP contribution in [0.1, 0.15) is 29.4 Å². The predicted octanol–water partition coefficient (Wildman–Crippen LogP) is 2.69. The largest absolute Gasteiger partial charge is 0.481 e. The number of nitrogens with one attached hydrogen (secondary N) is 1. The van der Waals surface area contributed by atoms with Crippen molar-refractivity contribution >= 4 is 5.91 Å². The van der Waals surface area contributed by atoms with E-state index in [1.165, 1.54) is 5.56 Å². The number of aryl methyl sites for hydroxylation is 3. The Morgan fingerprint density at radius 1 is 1.19 bits per heavy atom. The number of rotatable bonds is 8. The number of H-pyrrole nitrogens is 1. The molecule has 0 saturated carbocycles. The van der Waals surface area contributed by atoms with Crippen LogP contribution in [0.2, 0.25) is 0 Å². The monoisotopic (exact) mass is 358 g/mol. The maximum atomic E-state index is 13.0. The molecule has 1 aromatic carbocycles. The van der Waals surface area contributed by atoms with E-state index in [4.69, 9.17) is 4.74 Å². The summed E-state index contributed by atoms with van der Waals surface area (Å²) in [6, 6.07) is 5.90. The zero-order chi connectivity index (χ0) is 19.3. The van der Waals surface area contributed by atoms with E-state index in [0.29, 0.717) is 13.1 Å². The van der Waals surface area contributed by atoms with Gasteiger partial charge < -0.3 is 19.5 Å². The zero-order valence-corrected chi connectivity index (χ0v) is 16.7. The summed E-state index contributed by atoms with van der Waals surface area (Å²) in [5.74, 6) is 0.685. The number of benzene rings is 1. The molecule has 2 rings (SSSR count). The predicted molar refractivity (Wildman–Crippen MR) is 103 cm³/mol. The van der Waals surface area contributed by atoms with Gasteiger partial charge in [-0.25, -0.2) is 4.98 Å². The fraction of sp³-hybridized carbons (Fsp3) is 0.500. The van der Waals surface area contributed by atoms with Crippen molar-refractivity contribution in [2.45, 2.75) is 40.3 Å². The van der Waals surface area contributed by atoms with Crippen LogP contribution in [0.4, 0.5) is 0 Å². The highest BCUT2D eigenvalue weighted by Crippen LogP contribution is 2.18. The quantitative estimate of drug-likeness (QED) is 0.788. The Morgan fingerprint density at radius 3 is 2.50 bits per heavy atom. The molecule has 6 heteroatoms. The number of carbonyl (C=O) groups is 1. The Labute approximate surface area is 156 Å². The molecule has 0 radical (unpaired) electrons. The van der Waals surface area contributed by atoms with Crippen LogP contribution < -0.4 is 4.74 Å². The van der Waals surface area contributed by atoms with Gasteiger partial charge in [-0.3, -0.25) is 4.79 Å². The second-order valence-electron chi connectivity index (χ2n) is 7.04. The fourth-order valence-electron chi connectivity index (χ4n) is 2.61. The van der Waals surface area contributed by atoms with Gasteiger partial charge in [0.2, 0.25) is 0 Å². The van der Waals surface area contributed by atoms with Crippen molar-refractivity contribution in [1.29, 1.82) is 0 Å². The smallest absolute Gasteiger partial charge is 0.263 e. The van der Waals surface area contributed by atoms with E-state index in [0.717, 1.165) is 29.2 Å². The summed E-state index contributed by atoms with van der Waals surface area (Å²) >= 11 is 0. The van der Waals surface area contributed by atoms with E-state index in [2.05, 4.69) is 21.8 Å². The van der Waals surface area contributed by atoms with Gasteiger partial charge in [0.15, 0.2) is 6.10 Å². The average molecular weight is 358 g/mol. The molecular formula is C20H30N4O2. The van der Waals surface area contributed by atoms with Crippen LogP contribution in [0.3, 0.4) is 0 Å². The van der Waals surface area contributed by atoms with Gasteiger partial charge in [-0.05, 0) is 65.0 Å². The lowest BCUT2D eigenvalue weighted by Crippen LogP contribution is -2.43. The fourth-order valence-corrected chi connectivity index (χ4v) is 2.61. The van der Waals surface area contributed by atoms with E-state index in [-0.39, 0.29) is 5.91 Å². The number of hydrogen-bond donors (Lipinski definition) is 1. The first-order valence-corrected chi connectivity index (χ1v) is 8.94. The van der Waals surface area contributed by atoms with E-state index < -0.39 is 6.10 Å². The molecule has 0 fully saturated rings. The first-order chi connectivity index (χ1) is 12.3. The Balaban J connectivity index is 2.10. The van der Waals surface area contributed by atoms with Crippen molar-refractivity contribution in [3.05, 3.63) is 47.0 Å². The standard InChI is InChI=1S/C20H30N4O2/c1-14-7-8-18(11-15(14)2)26-17(4)20(25)24(10-9-23(5)6)12-19-16(3)21-13-22-19/h7-8,11,13,17H,9-10,12H2,1-6H3,(H,21,22). The molecule has 0 aliphatic carbocycles.